The van der Waals surface area contributed by atoms with E-state index < -0.39 is 43.5 Å². The van der Waals surface area contributed by atoms with Gasteiger partial charge < -0.3 is 14.6 Å². The Labute approximate surface area is 106 Å². The Morgan fingerprint density at radius 1 is 1.05 bits per heavy atom. The minimum Gasteiger partial charge on any atom is -0.475 e. The molecule has 0 aromatic rings. The molecule has 0 fully saturated rings. The molecule has 0 unspecified atom stereocenters. The predicted octanol–water partition coefficient (Wildman–Crippen LogP) is 2.34. The van der Waals surface area contributed by atoms with Gasteiger partial charge in [0.05, 0.1) is 0 Å². The minimum absolute atomic E-state index is 1.93. The second-order valence-corrected chi connectivity index (χ2v) is 3.15. The van der Waals surface area contributed by atoms with Gasteiger partial charge in [0.2, 0.25) is 0 Å². The fraction of sp³-hybridized carbons (Fsp3) is 0.625. The molecule has 0 aliphatic carbocycles. The van der Waals surface area contributed by atoms with E-state index >= 15 is 0 Å². The quantitative estimate of drug-likeness (QED) is 0.522. The van der Waals surface area contributed by atoms with E-state index in [9.17, 15) is 35.5 Å². The third-order valence-corrected chi connectivity index (χ3v) is 1.33. The number of carbonyl (C=O) groups is 1. The van der Waals surface area contributed by atoms with Gasteiger partial charge in [0.1, 0.15) is 6.61 Å². The van der Waals surface area contributed by atoms with Crippen molar-refractivity contribution in [3.63, 3.8) is 0 Å². The van der Waals surface area contributed by atoms with Gasteiger partial charge in [-0.15, -0.1) is 0 Å². The zero-order valence-electron chi connectivity index (χ0n) is 9.35. The summed E-state index contributed by atoms with van der Waals surface area (Å²) < 4.78 is 96.2. The Morgan fingerprint density at radius 3 is 1.90 bits per heavy atom. The van der Waals surface area contributed by atoms with E-state index in [1.807, 2.05) is 0 Å². The van der Waals surface area contributed by atoms with E-state index in [0.29, 0.717) is 0 Å². The molecule has 5 nitrogen and oxygen atoms in total. The molecular formula is C8H7F7O5. The van der Waals surface area contributed by atoms with Crippen molar-refractivity contribution in [1.29, 1.82) is 0 Å². The summed E-state index contributed by atoms with van der Waals surface area (Å²) in [5.74, 6) is -3.01. The summed E-state index contributed by atoms with van der Waals surface area (Å²) in [7, 11) is 0. The van der Waals surface area contributed by atoms with Crippen LogP contribution in [0.25, 0.3) is 0 Å². The molecule has 0 saturated carbocycles. The van der Waals surface area contributed by atoms with Crippen LogP contribution in [-0.2, 0) is 19.0 Å². The highest BCUT2D eigenvalue weighted by Crippen LogP contribution is 2.28. The number of halogens is 7. The molecule has 0 bridgehead atoms. The smallest absolute Gasteiger partial charge is 0.460 e. The third kappa shape index (κ3) is 7.13. The number of hydrogen-bond acceptors (Lipinski definition) is 4. The van der Waals surface area contributed by atoms with Gasteiger partial charge in [-0.2, -0.15) is 30.7 Å². The van der Waals surface area contributed by atoms with Crippen LogP contribution in [0, 0.1) is 0 Å². The number of aliphatic carboxylic acids is 1. The van der Waals surface area contributed by atoms with Crippen LogP contribution in [0.2, 0.25) is 0 Å². The second-order valence-electron chi connectivity index (χ2n) is 3.15. The summed E-state index contributed by atoms with van der Waals surface area (Å²) in [5.41, 5.74) is 0. The van der Waals surface area contributed by atoms with E-state index in [4.69, 9.17) is 5.11 Å². The summed E-state index contributed by atoms with van der Waals surface area (Å²) in [6.45, 7) is -1.78. The van der Waals surface area contributed by atoms with Crippen LogP contribution in [-0.4, -0.2) is 42.6 Å². The zero-order chi connectivity index (χ0) is 16.2. The first-order valence-corrected chi connectivity index (χ1v) is 4.46. The Bertz CT molecular complexity index is 370. The lowest BCUT2D eigenvalue weighted by atomic mass is 10.6. The molecule has 0 heterocycles. The van der Waals surface area contributed by atoms with Crippen LogP contribution in [0.15, 0.2) is 12.6 Å². The highest BCUT2D eigenvalue weighted by Gasteiger charge is 2.51. The fourth-order valence-corrected chi connectivity index (χ4v) is 0.741. The topological polar surface area (TPSA) is 65.0 Å². The normalized spacial score (nSPS) is 13.2. The Morgan fingerprint density at radius 2 is 1.50 bits per heavy atom. The molecule has 118 valence electrons. The van der Waals surface area contributed by atoms with Crippen molar-refractivity contribution in [2.75, 3.05) is 13.2 Å². The maximum Gasteiger partial charge on any atom is 0.460 e. The molecular weight excluding hydrogens is 309 g/mol. The minimum atomic E-state index is -5.25. The van der Waals surface area contributed by atoms with E-state index in [2.05, 4.69) is 20.8 Å². The number of rotatable bonds is 9. The molecule has 1 N–H and O–H groups in total. The van der Waals surface area contributed by atoms with Gasteiger partial charge in [0, 0.05) is 0 Å². The van der Waals surface area contributed by atoms with Crippen LogP contribution in [0.1, 0.15) is 0 Å². The molecule has 0 aromatic carbocycles. The number of hydrogen-bond donors (Lipinski definition) is 1. The molecule has 0 spiro atoms. The van der Waals surface area contributed by atoms with E-state index in [0.717, 1.165) is 0 Å². The first kappa shape index (κ1) is 18.4. The number of ether oxygens (including phenoxy) is 3. The SMILES string of the molecule is C=C(F)OC(F)(F)COCC(F)(F)OC(F)(F)C(=O)O. The van der Waals surface area contributed by atoms with Crippen LogP contribution in [0.3, 0.4) is 0 Å². The lowest BCUT2D eigenvalue weighted by Crippen LogP contribution is -2.42. The summed E-state index contributed by atoms with van der Waals surface area (Å²) in [4.78, 5) is 9.81. The van der Waals surface area contributed by atoms with E-state index in [-0.39, 0.29) is 0 Å². The van der Waals surface area contributed by atoms with Gasteiger partial charge in [-0.05, 0) is 6.58 Å². The number of carboxylic acid groups (broad SMARTS) is 1. The van der Waals surface area contributed by atoms with Gasteiger partial charge >= 0.3 is 24.3 Å². The standard InChI is InChI=1S/C8H7F7O5/c1-4(9)19-6(10,11)2-18-3-7(12,13)20-8(14,15)5(16)17/h1-3H2,(H,16,17). The Balaban J connectivity index is 4.37. The summed E-state index contributed by atoms with van der Waals surface area (Å²) in [5, 5.41) is 7.82. The molecule has 0 aliphatic heterocycles. The van der Waals surface area contributed by atoms with Crippen LogP contribution in [0.4, 0.5) is 30.7 Å². The highest BCUT2D eigenvalue weighted by molar-refractivity contribution is 5.73. The second kappa shape index (κ2) is 6.26. The molecule has 0 atom stereocenters. The Hall–Kier alpha value is -1.56. The summed E-state index contributed by atoms with van der Waals surface area (Å²) in [6.07, 6.45) is -14.5. The van der Waals surface area contributed by atoms with Gasteiger partial charge in [-0.25, -0.2) is 9.53 Å². The molecule has 0 aliphatic rings. The largest absolute Gasteiger partial charge is 0.475 e. The van der Waals surface area contributed by atoms with Crippen molar-refractivity contribution < 1.29 is 54.8 Å². The van der Waals surface area contributed by atoms with Crippen molar-refractivity contribution in [3.8, 4) is 0 Å². The van der Waals surface area contributed by atoms with Gasteiger partial charge in [0.15, 0.2) is 6.61 Å². The first-order chi connectivity index (χ1) is 8.77. The molecule has 0 amide bonds. The lowest BCUT2D eigenvalue weighted by Gasteiger charge is -2.22. The van der Waals surface area contributed by atoms with Crippen molar-refractivity contribution in [3.05, 3.63) is 12.6 Å². The highest BCUT2D eigenvalue weighted by atomic mass is 19.3. The molecule has 0 radical (unpaired) electrons. The monoisotopic (exact) mass is 316 g/mol. The Kier molecular flexibility index (Phi) is 5.77. The van der Waals surface area contributed by atoms with Gasteiger partial charge in [-0.1, -0.05) is 0 Å². The van der Waals surface area contributed by atoms with Gasteiger partial charge in [0.25, 0.3) is 6.01 Å². The zero-order valence-corrected chi connectivity index (χ0v) is 9.35. The lowest BCUT2D eigenvalue weighted by molar-refractivity contribution is -0.377. The first-order valence-electron chi connectivity index (χ1n) is 4.46. The summed E-state index contributed by atoms with van der Waals surface area (Å²) in [6, 6.07) is -1.93. The van der Waals surface area contributed by atoms with Crippen LogP contribution >= 0.6 is 0 Å². The van der Waals surface area contributed by atoms with Crippen molar-refractivity contribution in [1.82, 2.24) is 0 Å². The fourth-order valence-electron chi connectivity index (χ4n) is 0.741. The van der Waals surface area contributed by atoms with E-state index in [1.165, 1.54) is 0 Å². The molecule has 0 aromatic heterocycles. The third-order valence-electron chi connectivity index (χ3n) is 1.33. The molecule has 12 heteroatoms. The predicted molar refractivity (Wildman–Crippen MR) is 45.7 cm³/mol. The van der Waals surface area contributed by atoms with Crippen molar-refractivity contribution in [2.45, 2.75) is 18.3 Å². The van der Waals surface area contributed by atoms with Crippen LogP contribution in [0.5, 0.6) is 0 Å². The maximum atomic E-state index is 12.6. The van der Waals surface area contributed by atoms with Gasteiger partial charge in [-0.3, -0.25) is 0 Å². The van der Waals surface area contributed by atoms with Crippen LogP contribution < -0.4 is 0 Å². The van der Waals surface area contributed by atoms with E-state index in [1.54, 1.807) is 0 Å². The molecule has 0 rings (SSSR count). The average Bonchev–Trinajstić information content (AvgIpc) is 2.11. The number of alkyl halides is 6. The molecule has 20 heavy (non-hydrogen) atoms. The van der Waals surface area contributed by atoms with Crippen molar-refractivity contribution in [2.24, 2.45) is 0 Å². The maximum absolute atomic E-state index is 12.6. The molecule has 0 saturated heterocycles. The summed E-state index contributed by atoms with van der Waals surface area (Å²) >= 11 is 0. The average molecular weight is 316 g/mol. The van der Waals surface area contributed by atoms with Crippen molar-refractivity contribution >= 4 is 5.97 Å². The number of carboxylic acids is 1.